The molecule has 1 aromatic heterocycles. The molecule has 0 atom stereocenters. The van der Waals surface area contributed by atoms with Gasteiger partial charge >= 0.3 is 6.18 Å². The average Bonchev–Trinajstić information content (AvgIpc) is 2.50. The molecule has 2 aromatic rings. The topological polar surface area (TPSA) is 36.7 Å². The molecule has 120 valence electrons. The van der Waals surface area contributed by atoms with Crippen LogP contribution in [0.3, 0.4) is 0 Å². The molecule has 0 N–H and O–H groups in total. The van der Waals surface area contributed by atoms with Crippen molar-refractivity contribution in [1.82, 2.24) is 4.98 Å². The minimum atomic E-state index is -4.72. The lowest BCUT2D eigenvalue weighted by Crippen LogP contribution is -2.09. The predicted octanol–water partition coefficient (Wildman–Crippen LogP) is 6.91. The number of nitriles is 1. The number of halogens is 8. The smallest absolute Gasteiger partial charge is 0.242 e. The summed E-state index contributed by atoms with van der Waals surface area (Å²) in [5.41, 5.74) is -2.00. The van der Waals surface area contributed by atoms with E-state index < -0.39 is 17.6 Å². The zero-order valence-electron chi connectivity index (χ0n) is 10.6. The number of rotatable bonds is 1. The average molecular weight is 420 g/mol. The van der Waals surface area contributed by atoms with Crippen LogP contribution in [0.25, 0.3) is 11.3 Å². The van der Waals surface area contributed by atoms with Gasteiger partial charge < -0.3 is 0 Å². The summed E-state index contributed by atoms with van der Waals surface area (Å²) in [5.74, 6) is 0. The molecule has 1 aromatic carbocycles. The maximum atomic E-state index is 12.9. The van der Waals surface area contributed by atoms with Gasteiger partial charge in [-0.1, -0.05) is 58.0 Å². The second-order valence-corrected chi connectivity index (χ2v) is 6.04. The first-order valence-electron chi connectivity index (χ1n) is 5.59. The zero-order chi connectivity index (χ0) is 17.5. The quantitative estimate of drug-likeness (QED) is 0.371. The van der Waals surface area contributed by atoms with E-state index in [1.165, 1.54) is 0 Å². The Morgan fingerprint density at radius 3 is 1.78 bits per heavy atom. The summed E-state index contributed by atoms with van der Waals surface area (Å²) in [6, 6.07) is 3.34. The minimum absolute atomic E-state index is 0.155. The van der Waals surface area contributed by atoms with Gasteiger partial charge in [0, 0.05) is 5.56 Å². The first-order chi connectivity index (χ1) is 10.6. The highest BCUT2D eigenvalue weighted by molar-refractivity contribution is 6.56. The van der Waals surface area contributed by atoms with Crippen LogP contribution in [0.1, 0.15) is 11.3 Å². The van der Waals surface area contributed by atoms with Gasteiger partial charge in [-0.05, 0) is 12.1 Å². The highest BCUT2D eigenvalue weighted by Crippen LogP contribution is 2.48. The summed E-state index contributed by atoms with van der Waals surface area (Å²) in [5, 5.41) is 8.02. The van der Waals surface area contributed by atoms with Crippen molar-refractivity contribution in [2.45, 2.75) is 6.18 Å². The third kappa shape index (κ3) is 3.33. The van der Waals surface area contributed by atoms with Crippen LogP contribution in [-0.2, 0) is 6.18 Å². The molecule has 0 bridgehead atoms. The van der Waals surface area contributed by atoms with Gasteiger partial charge in [0.1, 0.15) is 11.8 Å². The van der Waals surface area contributed by atoms with Crippen molar-refractivity contribution in [2.75, 3.05) is 0 Å². The number of nitrogens with zero attached hydrogens (tertiary/aromatic N) is 2. The number of hydrogen-bond donors (Lipinski definition) is 0. The van der Waals surface area contributed by atoms with Crippen LogP contribution in [0.5, 0.6) is 0 Å². The number of hydrogen-bond acceptors (Lipinski definition) is 2. The monoisotopic (exact) mass is 418 g/mol. The Hall–Kier alpha value is -0.900. The fourth-order valence-corrected chi connectivity index (χ4v) is 3.03. The van der Waals surface area contributed by atoms with Gasteiger partial charge in [0.15, 0.2) is 0 Å². The highest BCUT2D eigenvalue weighted by Gasteiger charge is 2.34. The number of aromatic nitrogens is 1. The third-order valence-corrected chi connectivity index (χ3v) is 5.03. The molecule has 10 heteroatoms. The van der Waals surface area contributed by atoms with Crippen molar-refractivity contribution < 1.29 is 13.2 Å². The van der Waals surface area contributed by atoms with Crippen molar-refractivity contribution in [1.29, 1.82) is 5.26 Å². The first-order valence-corrected chi connectivity index (χ1v) is 7.48. The second kappa shape index (κ2) is 6.54. The molecule has 0 aliphatic carbocycles. The summed E-state index contributed by atoms with van der Waals surface area (Å²) in [6.07, 6.45) is -4.72. The molecular formula is C13H2Cl5F3N2. The van der Waals surface area contributed by atoms with E-state index in [2.05, 4.69) is 4.98 Å². The van der Waals surface area contributed by atoms with Crippen LogP contribution >= 0.6 is 58.0 Å². The summed E-state index contributed by atoms with van der Waals surface area (Å²) < 4.78 is 38.6. The van der Waals surface area contributed by atoms with Gasteiger partial charge in [-0.25, -0.2) is 4.98 Å². The van der Waals surface area contributed by atoms with Gasteiger partial charge in [-0.15, -0.1) is 0 Å². The molecule has 0 fully saturated rings. The largest absolute Gasteiger partial charge is 0.433 e. The van der Waals surface area contributed by atoms with Crippen molar-refractivity contribution in [3.63, 3.8) is 0 Å². The van der Waals surface area contributed by atoms with E-state index in [4.69, 9.17) is 63.3 Å². The Morgan fingerprint density at radius 2 is 1.35 bits per heavy atom. The summed E-state index contributed by atoms with van der Waals surface area (Å²) in [7, 11) is 0. The van der Waals surface area contributed by atoms with E-state index in [-0.39, 0.29) is 36.2 Å². The molecule has 0 aliphatic heterocycles. The van der Waals surface area contributed by atoms with E-state index in [0.29, 0.717) is 6.07 Å². The summed E-state index contributed by atoms with van der Waals surface area (Å²) in [6.45, 7) is 0. The van der Waals surface area contributed by atoms with Crippen LogP contribution in [0, 0.1) is 11.3 Å². The molecule has 0 amide bonds. The fourth-order valence-electron chi connectivity index (χ4n) is 1.71. The predicted molar refractivity (Wildman–Crippen MR) is 84.4 cm³/mol. The number of benzene rings is 1. The van der Waals surface area contributed by atoms with Gasteiger partial charge in [-0.3, -0.25) is 0 Å². The number of pyridine rings is 1. The molecule has 0 radical (unpaired) electrons. The Bertz CT molecular complexity index is 814. The van der Waals surface area contributed by atoms with Crippen LogP contribution in [0.2, 0.25) is 25.1 Å². The van der Waals surface area contributed by atoms with Gasteiger partial charge in [0.25, 0.3) is 0 Å². The van der Waals surface area contributed by atoms with E-state index in [0.717, 1.165) is 6.07 Å². The fraction of sp³-hybridized carbons (Fsp3) is 0.0769. The Kier molecular flexibility index (Phi) is 5.24. The van der Waals surface area contributed by atoms with E-state index in [1.807, 2.05) is 0 Å². The van der Waals surface area contributed by atoms with Crippen LogP contribution in [0.15, 0.2) is 12.1 Å². The number of alkyl halides is 3. The van der Waals surface area contributed by atoms with E-state index in [1.54, 1.807) is 6.07 Å². The Morgan fingerprint density at radius 1 is 0.870 bits per heavy atom. The van der Waals surface area contributed by atoms with Crippen molar-refractivity contribution in [3.05, 3.63) is 48.5 Å². The molecule has 23 heavy (non-hydrogen) atoms. The lowest BCUT2D eigenvalue weighted by atomic mass is 10.1. The first kappa shape index (κ1) is 18.4. The molecule has 2 nitrogen and oxygen atoms in total. The SMILES string of the molecule is N#Cc1ccc(C(F)(F)F)nc1-c1c(Cl)c(Cl)c(Cl)c(Cl)c1Cl. The van der Waals surface area contributed by atoms with Crippen molar-refractivity contribution in [2.24, 2.45) is 0 Å². The van der Waals surface area contributed by atoms with Gasteiger partial charge in [0.05, 0.1) is 36.4 Å². The van der Waals surface area contributed by atoms with Crippen molar-refractivity contribution in [3.8, 4) is 17.3 Å². The summed E-state index contributed by atoms with van der Waals surface area (Å²) >= 11 is 29.6. The van der Waals surface area contributed by atoms with E-state index in [9.17, 15) is 13.2 Å². The lowest BCUT2D eigenvalue weighted by molar-refractivity contribution is -0.141. The van der Waals surface area contributed by atoms with Gasteiger partial charge in [-0.2, -0.15) is 18.4 Å². The molecular weight excluding hydrogens is 418 g/mol. The zero-order valence-corrected chi connectivity index (χ0v) is 14.4. The molecule has 0 spiro atoms. The van der Waals surface area contributed by atoms with Crippen LogP contribution in [-0.4, -0.2) is 4.98 Å². The second-order valence-electron chi connectivity index (χ2n) is 4.15. The standard InChI is InChI=1S/C13H2Cl5F3N2/c14-7-6(8(15)10(17)11(18)9(7)16)12-4(3-22)1-2-5(23-12)13(19,20)21/h1-2H. The van der Waals surface area contributed by atoms with E-state index >= 15 is 0 Å². The Labute approximate surface area is 153 Å². The molecule has 2 rings (SSSR count). The molecule has 0 aliphatic rings. The maximum Gasteiger partial charge on any atom is 0.433 e. The molecule has 1 heterocycles. The highest BCUT2D eigenvalue weighted by atomic mass is 35.5. The van der Waals surface area contributed by atoms with Crippen LogP contribution < -0.4 is 0 Å². The maximum absolute atomic E-state index is 12.9. The normalized spacial score (nSPS) is 11.4. The van der Waals surface area contributed by atoms with Gasteiger partial charge in [0.2, 0.25) is 0 Å². The molecule has 0 saturated heterocycles. The molecule has 0 saturated carbocycles. The molecule has 0 unspecified atom stereocenters. The third-order valence-electron chi connectivity index (χ3n) is 2.75. The Balaban J connectivity index is 2.90. The minimum Gasteiger partial charge on any atom is -0.242 e. The lowest BCUT2D eigenvalue weighted by Gasteiger charge is -2.14. The summed E-state index contributed by atoms with van der Waals surface area (Å²) in [4.78, 5) is 3.44. The van der Waals surface area contributed by atoms with Crippen molar-refractivity contribution >= 4 is 58.0 Å². The van der Waals surface area contributed by atoms with Crippen LogP contribution in [0.4, 0.5) is 13.2 Å².